The molecule has 1 saturated carbocycles. The first-order valence-electron chi connectivity index (χ1n) is 6.80. The minimum Gasteiger partial charge on any atom is -0.457 e. The molecule has 0 heterocycles. The third-order valence-electron chi connectivity index (χ3n) is 4.07. The van der Waals surface area contributed by atoms with Crippen LogP contribution in [0.1, 0.15) is 25.3 Å². The van der Waals surface area contributed by atoms with Gasteiger partial charge in [0.1, 0.15) is 11.5 Å². The van der Waals surface area contributed by atoms with Crippen LogP contribution in [0.25, 0.3) is 0 Å². The molecule has 2 nitrogen and oxygen atoms in total. The van der Waals surface area contributed by atoms with Gasteiger partial charge in [-0.3, -0.25) is 0 Å². The number of rotatable bonds is 4. The van der Waals surface area contributed by atoms with Crippen LogP contribution in [0.4, 0.5) is 0 Å². The standard InChI is InChI=1S/C17H19NO/c1-13(18)17(11-12-17)14-7-9-16(10-8-14)19-15-5-3-2-4-6-15/h2-10,13H,11-12,18H2,1H3. The molecular weight excluding hydrogens is 234 g/mol. The Morgan fingerprint density at radius 1 is 0.947 bits per heavy atom. The van der Waals surface area contributed by atoms with E-state index in [0.717, 1.165) is 11.5 Å². The van der Waals surface area contributed by atoms with Gasteiger partial charge >= 0.3 is 0 Å². The highest BCUT2D eigenvalue weighted by Gasteiger charge is 2.47. The zero-order chi connectivity index (χ0) is 13.3. The summed E-state index contributed by atoms with van der Waals surface area (Å²) in [4.78, 5) is 0. The van der Waals surface area contributed by atoms with E-state index < -0.39 is 0 Å². The summed E-state index contributed by atoms with van der Waals surface area (Å²) in [5.41, 5.74) is 7.64. The highest BCUT2D eigenvalue weighted by atomic mass is 16.5. The summed E-state index contributed by atoms with van der Waals surface area (Å²) in [6.45, 7) is 2.10. The van der Waals surface area contributed by atoms with Crippen molar-refractivity contribution in [2.75, 3.05) is 0 Å². The molecule has 2 N–H and O–H groups in total. The number of nitrogens with two attached hydrogens (primary N) is 1. The van der Waals surface area contributed by atoms with Crippen LogP contribution in [0.3, 0.4) is 0 Å². The van der Waals surface area contributed by atoms with Crippen molar-refractivity contribution in [3.63, 3.8) is 0 Å². The maximum atomic E-state index is 6.10. The second kappa shape index (κ2) is 4.71. The van der Waals surface area contributed by atoms with Crippen LogP contribution in [0.5, 0.6) is 11.5 Å². The number of ether oxygens (including phenoxy) is 1. The summed E-state index contributed by atoms with van der Waals surface area (Å²) >= 11 is 0. The molecule has 2 aromatic rings. The van der Waals surface area contributed by atoms with Crippen LogP contribution in [0.2, 0.25) is 0 Å². The Morgan fingerprint density at radius 3 is 2.05 bits per heavy atom. The second-order valence-corrected chi connectivity index (χ2v) is 5.38. The van der Waals surface area contributed by atoms with E-state index >= 15 is 0 Å². The van der Waals surface area contributed by atoms with Crippen molar-refractivity contribution in [2.24, 2.45) is 5.73 Å². The molecule has 2 heteroatoms. The SMILES string of the molecule is CC(N)C1(c2ccc(Oc3ccccc3)cc2)CC1. The van der Waals surface area contributed by atoms with Crippen molar-refractivity contribution < 1.29 is 4.74 Å². The summed E-state index contributed by atoms with van der Waals surface area (Å²) in [7, 11) is 0. The van der Waals surface area contributed by atoms with E-state index in [1.165, 1.54) is 18.4 Å². The van der Waals surface area contributed by atoms with Gasteiger partial charge in [-0.15, -0.1) is 0 Å². The molecule has 0 amide bonds. The summed E-state index contributed by atoms with van der Waals surface area (Å²) in [5.74, 6) is 1.74. The molecule has 0 aliphatic heterocycles. The van der Waals surface area contributed by atoms with Gasteiger partial charge in [0.15, 0.2) is 0 Å². The van der Waals surface area contributed by atoms with Crippen LogP contribution in [-0.4, -0.2) is 6.04 Å². The molecule has 1 aliphatic rings. The van der Waals surface area contributed by atoms with Gasteiger partial charge in [-0.25, -0.2) is 0 Å². The molecular formula is C17H19NO. The molecule has 0 radical (unpaired) electrons. The van der Waals surface area contributed by atoms with Crippen LogP contribution in [-0.2, 0) is 5.41 Å². The fourth-order valence-electron chi connectivity index (χ4n) is 2.62. The lowest BCUT2D eigenvalue weighted by Crippen LogP contribution is -2.31. The van der Waals surface area contributed by atoms with E-state index in [0.29, 0.717) is 0 Å². The van der Waals surface area contributed by atoms with E-state index in [1.807, 2.05) is 42.5 Å². The van der Waals surface area contributed by atoms with Gasteiger partial charge in [-0.05, 0) is 49.6 Å². The molecule has 1 fully saturated rings. The lowest BCUT2D eigenvalue weighted by molar-refractivity contribution is 0.481. The van der Waals surface area contributed by atoms with Crippen LogP contribution in [0.15, 0.2) is 54.6 Å². The fourth-order valence-corrected chi connectivity index (χ4v) is 2.62. The topological polar surface area (TPSA) is 35.2 Å². The van der Waals surface area contributed by atoms with Gasteiger partial charge < -0.3 is 10.5 Å². The van der Waals surface area contributed by atoms with Gasteiger partial charge in [-0.2, -0.15) is 0 Å². The molecule has 19 heavy (non-hydrogen) atoms. The monoisotopic (exact) mass is 253 g/mol. The van der Waals surface area contributed by atoms with E-state index in [1.54, 1.807) is 0 Å². The number of hydrogen-bond donors (Lipinski definition) is 1. The normalized spacial score (nSPS) is 17.8. The Kier molecular flexibility index (Phi) is 3.03. The Balaban J connectivity index is 1.77. The Morgan fingerprint density at radius 2 is 1.53 bits per heavy atom. The summed E-state index contributed by atoms with van der Waals surface area (Å²) in [6.07, 6.45) is 2.40. The van der Waals surface area contributed by atoms with E-state index in [2.05, 4.69) is 19.1 Å². The third-order valence-corrected chi connectivity index (χ3v) is 4.07. The Hall–Kier alpha value is -1.80. The number of benzene rings is 2. The summed E-state index contributed by atoms with van der Waals surface area (Å²) in [5, 5.41) is 0. The average Bonchev–Trinajstić information content (AvgIpc) is 3.22. The predicted molar refractivity (Wildman–Crippen MR) is 77.5 cm³/mol. The van der Waals surface area contributed by atoms with Crippen molar-refractivity contribution in [1.29, 1.82) is 0 Å². The highest BCUT2D eigenvalue weighted by Crippen LogP contribution is 2.50. The first-order valence-corrected chi connectivity index (χ1v) is 6.80. The number of hydrogen-bond acceptors (Lipinski definition) is 2. The van der Waals surface area contributed by atoms with E-state index in [4.69, 9.17) is 10.5 Å². The fraction of sp³-hybridized carbons (Fsp3) is 0.294. The van der Waals surface area contributed by atoms with Gasteiger partial charge in [0.05, 0.1) is 0 Å². The molecule has 0 saturated heterocycles. The van der Waals surface area contributed by atoms with E-state index in [9.17, 15) is 0 Å². The first-order chi connectivity index (χ1) is 9.21. The zero-order valence-corrected chi connectivity index (χ0v) is 11.2. The third kappa shape index (κ3) is 2.36. The average molecular weight is 253 g/mol. The minimum absolute atomic E-state index is 0.214. The number of para-hydroxylation sites is 1. The van der Waals surface area contributed by atoms with Crippen LogP contribution in [0, 0.1) is 0 Å². The van der Waals surface area contributed by atoms with Gasteiger partial charge in [0, 0.05) is 11.5 Å². The van der Waals surface area contributed by atoms with Crippen molar-refractivity contribution in [2.45, 2.75) is 31.2 Å². The second-order valence-electron chi connectivity index (χ2n) is 5.38. The molecule has 0 aromatic heterocycles. The molecule has 1 aliphatic carbocycles. The predicted octanol–water partition coefficient (Wildman–Crippen LogP) is 3.86. The first kappa shape index (κ1) is 12.2. The maximum Gasteiger partial charge on any atom is 0.127 e. The highest BCUT2D eigenvalue weighted by molar-refractivity contribution is 5.39. The van der Waals surface area contributed by atoms with E-state index in [-0.39, 0.29) is 11.5 Å². The Bertz CT molecular complexity index is 541. The summed E-state index contributed by atoms with van der Waals surface area (Å²) in [6, 6.07) is 18.4. The molecule has 98 valence electrons. The van der Waals surface area contributed by atoms with Crippen LogP contribution >= 0.6 is 0 Å². The lowest BCUT2D eigenvalue weighted by atomic mass is 9.89. The van der Waals surface area contributed by atoms with Gasteiger partial charge in [-0.1, -0.05) is 30.3 Å². The molecule has 1 unspecified atom stereocenters. The molecule has 2 aromatic carbocycles. The maximum absolute atomic E-state index is 6.10. The lowest BCUT2D eigenvalue weighted by Gasteiger charge is -2.20. The van der Waals surface area contributed by atoms with Crippen molar-refractivity contribution >= 4 is 0 Å². The largest absolute Gasteiger partial charge is 0.457 e. The van der Waals surface area contributed by atoms with Crippen molar-refractivity contribution in [3.8, 4) is 11.5 Å². The molecule has 3 rings (SSSR count). The summed E-state index contributed by atoms with van der Waals surface area (Å²) < 4.78 is 5.80. The van der Waals surface area contributed by atoms with Crippen molar-refractivity contribution in [1.82, 2.24) is 0 Å². The molecule has 0 spiro atoms. The minimum atomic E-state index is 0.214. The quantitative estimate of drug-likeness (QED) is 0.898. The van der Waals surface area contributed by atoms with Gasteiger partial charge in [0.25, 0.3) is 0 Å². The molecule has 0 bridgehead atoms. The smallest absolute Gasteiger partial charge is 0.127 e. The van der Waals surface area contributed by atoms with Crippen molar-refractivity contribution in [3.05, 3.63) is 60.2 Å². The van der Waals surface area contributed by atoms with Gasteiger partial charge in [0.2, 0.25) is 0 Å². The molecule has 1 atom stereocenters. The zero-order valence-electron chi connectivity index (χ0n) is 11.2. The van der Waals surface area contributed by atoms with Crippen LogP contribution < -0.4 is 10.5 Å². The Labute approximate surface area is 114 Å².